The number of halogens is 1. The Morgan fingerprint density at radius 2 is 1.95 bits per heavy atom. The molecule has 0 aliphatic carbocycles. The lowest BCUT2D eigenvalue weighted by Crippen LogP contribution is -2.41. The number of rotatable bonds is 7. The van der Waals surface area contributed by atoms with Crippen LogP contribution in [0.5, 0.6) is 0 Å². The topological polar surface area (TPSA) is 88.2 Å². The van der Waals surface area contributed by atoms with Crippen LogP contribution in [-0.4, -0.2) is 53.8 Å². The number of benzene rings is 2. The van der Waals surface area contributed by atoms with E-state index in [2.05, 4.69) is 11.2 Å². The van der Waals surface area contributed by atoms with Crippen LogP contribution in [0, 0.1) is 18.2 Å². The Bertz CT molecular complexity index is 1200. The van der Waals surface area contributed by atoms with E-state index in [1.807, 2.05) is 0 Å². The van der Waals surface area contributed by atoms with E-state index in [0.717, 1.165) is 5.56 Å². The highest BCUT2D eigenvalue weighted by Gasteiger charge is 2.33. The quantitative estimate of drug-likeness (QED) is 0.546. The summed E-state index contributed by atoms with van der Waals surface area (Å²) in [5.74, 6) is 1.84. The zero-order chi connectivity index (χ0) is 27.3. The summed E-state index contributed by atoms with van der Waals surface area (Å²) in [6.07, 6.45) is 3.94. The molecular formula is C28H32FN3O5. The molecule has 1 N–H and O–H groups in total. The van der Waals surface area contributed by atoms with E-state index in [9.17, 15) is 14.4 Å². The Labute approximate surface area is 216 Å². The van der Waals surface area contributed by atoms with Gasteiger partial charge in [-0.15, -0.1) is 6.42 Å². The average Bonchev–Trinajstić information content (AvgIpc) is 3.20. The Kier molecular flexibility index (Phi) is 8.43. The van der Waals surface area contributed by atoms with E-state index in [1.165, 1.54) is 22.8 Å². The number of hydrogen-bond donors (Lipinski definition) is 1. The zero-order valence-electron chi connectivity index (χ0n) is 21.7. The highest BCUT2D eigenvalue weighted by atomic mass is 19.1. The van der Waals surface area contributed by atoms with Crippen LogP contribution in [-0.2, 0) is 20.8 Å². The van der Waals surface area contributed by atoms with Crippen molar-refractivity contribution in [3.63, 3.8) is 0 Å². The molecule has 1 saturated heterocycles. The van der Waals surface area contributed by atoms with Crippen LogP contribution in [0.4, 0.5) is 19.7 Å². The number of carbonyl (C=O) groups is 3. The van der Waals surface area contributed by atoms with Crippen LogP contribution in [0.3, 0.4) is 0 Å². The van der Waals surface area contributed by atoms with Crippen molar-refractivity contribution in [2.75, 3.05) is 18.0 Å². The van der Waals surface area contributed by atoms with Crippen molar-refractivity contribution in [3.8, 4) is 23.5 Å². The molecule has 0 spiro atoms. The van der Waals surface area contributed by atoms with Gasteiger partial charge in [-0.05, 0) is 57.0 Å². The van der Waals surface area contributed by atoms with Gasteiger partial charge >= 0.3 is 12.2 Å². The van der Waals surface area contributed by atoms with Crippen molar-refractivity contribution in [2.24, 2.45) is 0 Å². The molecule has 1 fully saturated rings. The largest absolute Gasteiger partial charge is 0.444 e. The first-order valence-electron chi connectivity index (χ1n) is 11.9. The van der Waals surface area contributed by atoms with Gasteiger partial charge in [-0.25, -0.2) is 14.0 Å². The van der Waals surface area contributed by atoms with Crippen LogP contribution in [0.2, 0.25) is 0 Å². The third-order valence-electron chi connectivity index (χ3n) is 5.67. The van der Waals surface area contributed by atoms with E-state index < -0.39 is 35.8 Å². The summed E-state index contributed by atoms with van der Waals surface area (Å²) in [5.41, 5.74) is 1.51. The van der Waals surface area contributed by atoms with Crippen LogP contribution in [0.25, 0.3) is 11.1 Å². The Morgan fingerprint density at radius 1 is 1.27 bits per heavy atom. The molecule has 9 heteroatoms. The summed E-state index contributed by atoms with van der Waals surface area (Å²) in [7, 11) is 0. The maximum Gasteiger partial charge on any atom is 0.414 e. The minimum Gasteiger partial charge on any atom is -0.444 e. The smallest absolute Gasteiger partial charge is 0.414 e. The number of ether oxygens (including phenoxy) is 2. The third-order valence-corrected chi connectivity index (χ3v) is 5.67. The number of hydrogen-bond acceptors (Lipinski definition) is 5. The minimum atomic E-state index is -0.657. The Balaban J connectivity index is 1.72. The molecule has 0 bridgehead atoms. The summed E-state index contributed by atoms with van der Waals surface area (Å²) < 4.78 is 25.8. The van der Waals surface area contributed by atoms with Crippen LogP contribution < -0.4 is 10.2 Å². The monoisotopic (exact) mass is 509 g/mol. The lowest BCUT2D eigenvalue weighted by molar-refractivity contribution is -0.119. The first-order valence-corrected chi connectivity index (χ1v) is 11.9. The van der Waals surface area contributed by atoms with Crippen molar-refractivity contribution in [1.82, 2.24) is 10.2 Å². The molecule has 2 aromatic carbocycles. The van der Waals surface area contributed by atoms with Gasteiger partial charge in [-0.1, -0.05) is 30.2 Å². The molecule has 0 radical (unpaired) electrons. The van der Waals surface area contributed by atoms with Crippen molar-refractivity contribution in [1.29, 1.82) is 0 Å². The van der Waals surface area contributed by atoms with E-state index >= 15 is 4.39 Å². The fourth-order valence-electron chi connectivity index (χ4n) is 3.76. The van der Waals surface area contributed by atoms with Gasteiger partial charge in [-0.3, -0.25) is 14.6 Å². The number of amides is 3. The maximum absolute atomic E-state index is 15.1. The van der Waals surface area contributed by atoms with Gasteiger partial charge in [0.1, 0.15) is 17.5 Å². The molecule has 3 rings (SSSR count). The van der Waals surface area contributed by atoms with Gasteiger partial charge in [0.25, 0.3) is 0 Å². The predicted octanol–water partition coefficient (Wildman–Crippen LogP) is 4.71. The van der Waals surface area contributed by atoms with Crippen molar-refractivity contribution < 1.29 is 28.2 Å². The highest BCUT2D eigenvalue weighted by molar-refractivity contribution is 5.90. The number of cyclic esters (lactones) is 1. The van der Waals surface area contributed by atoms with Crippen LogP contribution in [0.1, 0.15) is 40.2 Å². The van der Waals surface area contributed by atoms with Crippen molar-refractivity contribution >= 4 is 23.8 Å². The summed E-state index contributed by atoms with van der Waals surface area (Å²) in [6, 6.07) is 11.2. The standard InChI is InChI=1S/C28H32FN3O5/c1-7-18(2)31(27(35)37-28(4,5)6)16-20-8-10-21(11-9-20)24-13-12-22(14-25(24)29)32-17-23(36-26(32)34)15-30-19(3)33/h1,8-14,18,23H,15-17H2,2-6H3,(H,30,33)/t18?,23-/m0/s1. The molecule has 1 aliphatic heterocycles. The molecule has 3 amide bonds. The first-order chi connectivity index (χ1) is 17.4. The molecule has 0 aromatic heterocycles. The van der Waals surface area contributed by atoms with E-state index in [1.54, 1.807) is 64.1 Å². The molecule has 1 heterocycles. The number of nitrogens with one attached hydrogen (secondary N) is 1. The second-order valence-corrected chi connectivity index (χ2v) is 9.87. The van der Waals surface area contributed by atoms with Crippen LogP contribution in [0.15, 0.2) is 42.5 Å². The predicted molar refractivity (Wildman–Crippen MR) is 138 cm³/mol. The molecule has 1 aliphatic rings. The zero-order valence-corrected chi connectivity index (χ0v) is 21.7. The molecule has 2 atom stereocenters. The van der Waals surface area contributed by atoms with Gasteiger partial charge in [0, 0.05) is 12.5 Å². The second kappa shape index (κ2) is 11.3. The molecule has 196 valence electrons. The number of anilines is 1. The third kappa shape index (κ3) is 7.23. The number of carbonyl (C=O) groups excluding carboxylic acids is 3. The fourth-order valence-corrected chi connectivity index (χ4v) is 3.76. The number of nitrogens with zero attached hydrogens (tertiary/aromatic N) is 2. The molecule has 0 saturated carbocycles. The molecular weight excluding hydrogens is 477 g/mol. The van der Waals surface area contributed by atoms with E-state index in [-0.39, 0.29) is 25.5 Å². The first kappa shape index (κ1) is 27.5. The summed E-state index contributed by atoms with van der Waals surface area (Å²) >= 11 is 0. The average molecular weight is 510 g/mol. The molecule has 2 aromatic rings. The molecule has 8 nitrogen and oxygen atoms in total. The van der Waals surface area contributed by atoms with Gasteiger partial charge in [0.15, 0.2) is 0 Å². The van der Waals surface area contributed by atoms with Gasteiger partial charge in [0.05, 0.1) is 31.4 Å². The van der Waals surface area contributed by atoms with Crippen LogP contribution >= 0.6 is 0 Å². The lowest BCUT2D eigenvalue weighted by Gasteiger charge is -2.29. The van der Waals surface area contributed by atoms with E-state index in [0.29, 0.717) is 16.8 Å². The summed E-state index contributed by atoms with van der Waals surface area (Å²) in [5, 5.41) is 2.61. The van der Waals surface area contributed by atoms with Gasteiger partial charge < -0.3 is 14.8 Å². The highest BCUT2D eigenvalue weighted by Crippen LogP contribution is 2.29. The Hall–Kier alpha value is -4.06. The minimum absolute atomic E-state index is 0.190. The summed E-state index contributed by atoms with van der Waals surface area (Å²) in [6.45, 7) is 9.11. The fraction of sp³-hybridized carbons (Fsp3) is 0.393. The Morgan fingerprint density at radius 3 is 2.51 bits per heavy atom. The van der Waals surface area contributed by atoms with Crippen molar-refractivity contribution in [3.05, 3.63) is 53.8 Å². The summed E-state index contributed by atoms with van der Waals surface area (Å²) in [4.78, 5) is 38.8. The number of terminal acetylenes is 1. The second-order valence-electron chi connectivity index (χ2n) is 9.87. The van der Waals surface area contributed by atoms with Crippen molar-refractivity contribution in [2.45, 2.75) is 58.9 Å². The van der Waals surface area contributed by atoms with Gasteiger partial charge in [0.2, 0.25) is 5.91 Å². The SMILES string of the molecule is C#CC(C)N(Cc1ccc(-c2ccc(N3C[C@H](CNC(C)=O)OC3=O)cc2F)cc1)C(=O)OC(C)(C)C. The molecule has 37 heavy (non-hydrogen) atoms. The van der Waals surface area contributed by atoms with Gasteiger partial charge in [-0.2, -0.15) is 0 Å². The normalized spacial score (nSPS) is 16.0. The lowest BCUT2D eigenvalue weighted by atomic mass is 10.0. The van der Waals surface area contributed by atoms with E-state index in [4.69, 9.17) is 15.9 Å². The molecule has 1 unspecified atom stereocenters. The maximum atomic E-state index is 15.1.